The van der Waals surface area contributed by atoms with Crippen molar-refractivity contribution in [1.82, 2.24) is 15.0 Å². The van der Waals surface area contributed by atoms with Crippen LogP contribution in [0.25, 0.3) is 67.2 Å². The van der Waals surface area contributed by atoms with Crippen LogP contribution in [0.1, 0.15) is 27.8 Å². The van der Waals surface area contributed by atoms with E-state index in [1.165, 1.54) is 49.7 Å². The number of aryl methyl sites for hydroxylation is 1. The van der Waals surface area contributed by atoms with Gasteiger partial charge in [-0.05, 0) is 68.3 Å². The Morgan fingerprint density at radius 3 is 1.67 bits per heavy atom. The van der Waals surface area contributed by atoms with Gasteiger partial charge in [0, 0.05) is 16.7 Å². The molecular weight excluding hydrogens is 655 g/mol. The SMILES string of the molecule is Cc1ccc(-c2nc(-c3ccccc3)nc(-c3ccc4c(c3)C(c3ccccc3)(c3ccccc3)c3ccccc3-4)n2)c(-c2cccc3ccccc23)c1. The van der Waals surface area contributed by atoms with Gasteiger partial charge >= 0.3 is 0 Å². The van der Waals surface area contributed by atoms with Gasteiger partial charge in [-0.25, -0.2) is 15.0 Å². The van der Waals surface area contributed by atoms with Crippen LogP contribution >= 0.6 is 0 Å². The Kier molecular flexibility index (Phi) is 7.59. The molecule has 0 N–H and O–H groups in total. The highest BCUT2D eigenvalue weighted by Gasteiger charge is 2.46. The molecule has 0 fully saturated rings. The summed E-state index contributed by atoms with van der Waals surface area (Å²) < 4.78 is 0. The lowest BCUT2D eigenvalue weighted by atomic mass is 9.67. The van der Waals surface area contributed by atoms with Crippen molar-refractivity contribution in [3.63, 3.8) is 0 Å². The summed E-state index contributed by atoms with van der Waals surface area (Å²) in [6.07, 6.45) is 0. The van der Waals surface area contributed by atoms with Gasteiger partial charge in [0.2, 0.25) is 0 Å². The minimum atomic E-state index is -0.527. The molecule has 0 saturated carbocycles. The van der Waals surface area contributed by atoms with Crippen molar-refractivity contribution in [2.45, 2.75) is 12.3 Å². The zero-order valence-electron chi connectivity index (χ0n) is 29.8. The van der Waals surface area contributed by atoms with Crippen molar-refractivity contribution < 1.29 is 0 Å². The number of aromatic nitrogens is 3. The van der Waals surface area contributed by atoms with E-state index in [1.807, 2.05) is 18.2 Å². The quantitative estimate of drug-likeness (QED) is 0.174. The minimum absolute atomic E-state index is 0.527. The average molecular weight is 690 g/mol. The predicted octanol–water partition coefficient (Wildman–Crippen LogP) is 12.4. The molecule has 0 bridgehead atoms. The average Bonchev–Trinajstić information content (AvgIpc) is 3.54. The number of hydrogen-bond acceptors (Lipinski definition) is 3. The van der Waals surface area contributed by atoms with Gasteiger partial charge < -0.3 is 0 Å². The number of benzene rings is 8. The summed E-state index contributed by atoms with van der Waals surface area (Å²) in [5.74, 6) is 1.92. The van der Waals surface area contributed by atoms with Crippen molar-refractivity contribution in [2.24, 2.45) is 0 Å². The Balaban J connectivity index is 1.23. The lowest BCUT2D eigenvalue weighted by Gasteiger charge is -2.34. The Morgan fingerprint density at radius 1 is 0.352 bits per heavy atom. The summed E-state index contributed by atoms with van der Waals surface area (Å²) >= 11 is 0. The molecule has 254 valence electrons. The molecule has 54 heavy (non-hydrogen) atoms. The Bertz CT molecular complexity index is 2780. The first-order valence-electron chi connectivity index (χ1n) is 18.4. The van der Waals surface area contributed by atoms with Crippen molar-refractivity contribution >= 4 is 10.8 Å². The maximum atomic E-state index is 5.34. The molecule has 0 aliphatic heterocycles. The van der Waals surface area contributed by atoms with Gasteiger partial charge in [0.05, 0.1) is 5.41 Å². The van der Waals surface area contributed by atoms with Crippen LogP contribution in [0.4, 0.5) is 0 Å². The third-order valence-corrected chi connectivity index (χ3v) is 10.9. The van der Waals surface area contributed by atoms with E-state index in [0.717, 1.165) is 27.8 Å². The van der Waals surface area contributed by atoms with E-state index in [-0.39, 0.29) is 0 Å². The van der Waals surface area contributed by atoms with Crippen LogP contribution in [0.2, 0.25) is 0 Å². The van der Waals surface area contributed by atoms with Crippen LogP contribution in [-0.4, -0.2) is 15.0 Å². The highest BCUT2D eigenvalue weighted by molar-refractivity contribution is 6.00. The topological polar surface area (TPSA) is 38.7 Å². The van der Waals surface area contributed by atoms with Crippen LogP contribution in [0.15, 0.2) is 194 Å². The van der Waals surface area contributed by atoms with E-state index in [9.17, 15) is 0 Å². The molecular formula is C51H35N3. The molecule has 9 aromatic rings. The molecule has 0 spiro atoms. The smallest absolute Gasteiger partial charge is 0.164 e. The summed E-state index contributed by atoms with van der Waals surface area (Å²) in [4.78, 5) is 15.8. The van der Waals surface area contributed by atoms with Gasteiger partial charge in [-0.1, -0.05) is 194 Å². The van der Waals surface area contributed by atoms with Crippen LogP contribution < -0.4 is 0 Å². The maximum Gasteiger partial charge on any atom is 0.164 e. The Morgan fingerprint density at radius 2 is 0.907 bits per heavy atom. The van der Waals surface area contributed by atoms with Gasteiger partial charge in [0.1, 0.15) is 0 Å². The molecule has 1 aliphatic carbocycles. The molecule has 0 amide bonds. The largest absolute Gasteiger partial charge is 0.208 e. The van der Waals surface area contributed by atoms with Crippen LogP contribution in [-0.2, 0) is 5.41 Å². The van der Waals surface area contributed by atoms with Gasteiger partial charge in [-0.15, -0.1) is 0 Å². The molecule has 3 heteroatoms. The van der Waals surface area contributed by atoms with Gasteiger partial charge in [0.25, 0.3) is 0 Å². The first kappa shape index (κ1) is 31.7. The second-order valence-corrected chi connectivity index (χ2v) is 14.0. The fraction of sp³-hybridized carbons (Fsp3) is 0.0392. The molecule has 0 radical (unpaired) electrons. The molecule has 0 saturated heterocycles. The van der Waals surface area contributed by atoms with Crippen molar-refractivity contribution in [2.75, 3.05) is 0 Å². The first-order valence-corrected chi connectivity index (χ1v) is 18.4. The molecule has 8 aromatic carbocycles. The highest BCUT2D eigenvalue weighted by Crippen LogP contribution is 2.56. The van der Waals surface area contributed by atoms with Crippen molar-refractivity contribution in [3.8, 4) is 56.4 Å². The third kappa shape index (κ3) is 5.08. The summed E-state index contributed by atoms with van der Waals surface area (Å²) in [7, 11) is 0. The fourth-order valence-corrected chi connectivity index (χ4v) is 8.46. The zero-order valence-corrected chi connectivity index (χ0v) is 29.8. The summed E-state index contributed by atoms with van der Waals surface area (Å²) in [5, 5.41) is 2.39. The maximum absolute atomic E-state index is 5.34. The molecule has 1 heterocycles. The van der Waals surface area contributed by atoms with Gasteiger partial charge in [0.15, 0.2) is 17.5 Å². The second kappa shape index (κ2) is 12.9. The molecule has 1 aromatic heterocycles. The van der Waals surface area contributed by atoms with Gasteiger partial charge in [-0.2, -0.15) is 0 Å². The molecule has 1 aliphatic rings. The first-order chi connectivity index (χ1) is 26.7. The van der Waals surface area contributed by atoms with E-state index in [1.54, 1.807) is 0 Å². The van der Waals surface area contributed by atoms with E-state index in [4.69, 9.17) is 15.0 Å². The predicted molar refractivity (Wildman–Crippen MR) is 221 cm³/mol. The summed E-state index contributed by atoms with van der Waals surface area (Å²) in [6, 6.07) is 69.2. The lowest BCUT2D eigenvalue weighted by Crippen LogP contribution is -2.28. The van der Waals surface area contributed by atoms with Crippen molar-refractivity contribution in [3.05, 3.63) is 222 Å². The molecule has 0 unspecified atom stereocenters. The monoisotopic (exact) mass is 689 g/mol. The number of fused-ring (bicyclic) bond motifs is 4. The van der Waals surface area contributed by atoms with E-state index in [0.29, 0.717) is 17.5 Å². The number of hydrogen-bond donors (Lipinski definition) is 0. The normalized spacial score (nSPS) is 12.7. The third-order valence-electron chi connectivity index (χ3n) is 10.9. The number of rotatable bonds is 6. The fourth-order valence-electron chi connectivity index (χ4n) is 8.46. The second-order valence-electron chi connectivity index (χ2n) is 14.0. The highest BCUT2D eigenvalue weighted by atomic mass is 15.0. The summed E-state index contributed by atoms with van der Waals surface area (Å²) in [5.41, 5.74) is 13.1. The van der Waals surface area contributed by atoms with Crippen molar-refractivity contribution in [1.29, 1.82) is 0 Å². The molecule has 3 nitrogen and oxygen atoms in total. The lowest BCUT2D eigenvalue weighted by molar-refractivity contribution is 0.768. The van der Waals surface area contributed by atoms with E-state index in [2.05, 4.69) is 183 Å². The zero-order chi connectivity index (χ0) is 36.1. The van der Waals surface area contributed by atoms with Crippen LogP contribution in [0.5, 0.6) is 0 Å². The van der Waals surface area contributed by atoms with E-state index >= 15 is 0 Å². The Labute approximate surface area is 315 Å². The number of nitrogens with zero attached hydrogens (tertiary/aromatic N) is 3. The molecule has 10 rings (SSSR count). The summed E-state index contributed by atoms with van der Waals surface area (Å²) in [6.45, 7) is 2.14. The van der Waals surface area contributed by atoms with E-state index < -0.39 is 5.41 Å². The van der Waals surface area contributed by atoms with Crippen LogP contribution in [0.3, 0.4) is 0 Å². The standard InChI is InChI=1S/C51H35N3/c1-34-28-30-44(45(32-34)41-26-15-19-35-16-11-12-24-40(35)41)50-53-48(36-17-5-2-6-18-36)52-49(54-50)37-29-31-43-42-25-13-14-27-46(42)51(47(43)33-37,38-20-7-3-8-21-38)39-22-9-4-10-23-39/h2-33H,1H3. The van der Waals surface area contributed by atoms with Gasteiger partial charge in [-0.3, -0.25) is 0 Å². The minimum Gasteiger partial charge on any atom is -0.208 e. The molecule has 0 atom stereocenters. The van der Waals surface area contributed by atoms with Crippen LogP contribution in [0, 0.1) is 6.92 Å². The Hall–Kier alpha value is -6.97.